The molecule has 0 bridgehead atoms. The maximum Gasteiger partial charge on any atom is 0.293 e. The number of hydrogen-bond donors (Lipinski definition) is 0. The van der Waals surface area contributed by atoms with Crippen LogP contribution in [0.15, 0.2) is 53.4 Å². The van der Waals surface area contributed by atoms with Crippen molar-refractivity contribution in [3.05, 3.63) is 64.2 Å². The Morgan fingerprint density at radius 2 is 1.85 bits per heavy atom. The molecule has 3 rings (SSSR count). The Bertz CT molecular complexity index is 914. The van der Waals surface area contributed by atoms with Gasteiger partial charge in [-0.1, -0.05) is 30.3 Å². The average Bonchev–Trinajstić information content (AvgIpc) is 2.60. The van der Waals surface area contributed by atoms with Gasteiger partial charge in [0.15, 0.2) is 9.84 Å². The van der Waals surface area contributed by atoms with Crippen LogP contribution in [-0.4, -0.2) is 38.8 Å². The molecule has 0 radical (unpaired) electrons. The third-order valence-electron chi connectivity index (χ3n) is 4.34. The smallest absolute Gasteiger partial charge is 0.293 e. The van der Waals surface area contributed by atoms with Crippen LogP contribution >= 0.6 is 0 Å². The van der Waals surface area contributed by atoms with Crippen molar-refractivity contribution in [2.24, 2.45) is 0 Å². The van der Waals surface area contributed by atoms with E-state index in [2.05, 4.69) is 0 Å². The van der Waals surface area contributed by atoms with E-state index in [4.69, 9.17) is 4.74 Å². The minimum Gasteiger partial charge on any atom is -0.367 e. The second kappa shape index (κ2) is 7.05. The summed E-state index contributed by atoms with van der Waals surface area (Å²) in [5, 5.41) is 11.5. The van der Waals surface area contributed by atoms with Crippen LogP contribution in [0, 0.1) is 10.1 Å². The molecule has 2 unspecified atom stereocenters. The van der Waals surface area contributed by atoms with Gasteiger partial charge in [0.05, 0.1) is 15.9 Å². The molecule has 0 amide bonds. The van der Waals surface area contributed by atoms with Crippen LogP contribution in [0.3, 0.4) is 0 Å². The largest absolute Gasteiger partial charge is 0.367 e. The molecule has 1 saturated heterocycles. The van der Waals surface area contributed by atoms with Crippen molar-refractivity contribution in [3.8, 4) is 0 Å². The summed E-state index contributed by atoms with van der Waals surface area (Å²) in [5.74, 6) is 0. The lowest BCUT2D eigenvalue weighted by Crippen LogP contribution is -2.43. The number of nitro groups is 1. The molecule has 0 aliphatic carbocycles. The molecular weight excluding hydrogens is 356 g/mol. The van der Waals surface area contributed by atoms with Gasteiger partial charge >= 0.3 is 0 Å². The van der Waals surface area contributed by atoms with Gasteiger partial charge in [0.25, 0.3) is 5.69 Å². The first-order valence-electron chi connectivity index (χ1n) is 8.19. The van der Waals surface area contributed by atoms with Crippen LogP contribution in [0.4, 0.5) is 11.4 Å². The Balaban J connectivity index is 1.98. The summed E-state index contributed by atoms with van der Waals surface area (Å²) in [7, 11) is -3.52. The maximum atomic E-state index is 11.7. The van der Waals surface area contributed by atoms with Gasteiger partial charge in [0, 0.05) is 25.4 Å². The van der Waals surface area contributed by atoms with Crippen molar-refractivity contribution in [2.75, 3.05) is 24.2 Å². The predicted octanol–water partition coefficient (Wildman–Crippen LogP) is 2.96. The number of morpholine rings is 1. The second-order valence-corrected chi connectivity index (χ2v) is 8.45. The van der Waals surface area contributed by atoms with Crippen LogP contribution in [-0.2, 0) is 14.6 Å². The molecule has 1 fully saturated rings. The Morgan fingerprint density at radius 3 is 2.46 bits per heavy atom. The normalized spacial score (nSPS) is 20.8. The molecule has 138 valence electrons. The Kier molecular flexibility index (Phi) is 4.97. The van der Waals surface area contributed by atoms with Gasteiger partial charge in [-0.15, -0.1) is 0 Å². The van der Waals surface area contributed by atoms with Crippen LogP contribution in [0.5, 0.6) is 0 Å². The number of nitro benzene ring substituents is 1. The number of benzene rings is 2. The van der Waals surface area contributed by atoms with E-state index in [9.17, 15) is 18.5 Å². The number of hydrogen-bond acceptors (Lipinski definition) is 6. The van der Waals surface area contributed by atoms with E-state index in [-0.39, 0.29) is 22.8 Å². The number of ether oxygens (including phenoxy) is 1. The summed E-state index contributed by atoms with van der Waals surface area (Å²) in [6, 6.07) is 13.7. The molecule has 26 heavy (non-hydrogen) atoms. The van der Waals surface area contributed by atoms with Gasteiger partial charge in [-0.3, -0.25) is 10.1 Å². The predicted molar refractivity (Wildman–Crippen MR) is 98.1 cm³/mol. The fraction of sp³-hybridized carbons (Fsp3) is 0.333. The number of anilines is 1. The van der Waals surface area contributed by atoms with Crippen molar-refractivity contribution < 1.29 is 18.1 Å². The summed E-state index contributed by atoms with van der Waals surface area (Å²) < 4.78 is 29.5. The monoisotopic (exact) mass is 376 g/mol. The van der Waals surface area contributed by atoms with Crippen molar-refractivity contribution in [1.82, 2.24) is 0 Å². The van der Waals surface area contributed by atoms with Crippen molar-refractivity contribution in [1.29, 1.82) is 0 Å². The number of sulfone groups is 1. The zero-order chi connectivity index (χ0) is 18.9. The van der Waals surface area contributed by atoms with Crippen molar-refractivity contribution in [2.45, 2.75) is 24.0 Å². The molecular formula is C18H20N2O5S. The third kappa shape index (κ3) is 3.86. The molecule has 1 aliphatic heterocycles. The summed E-state index contributed by atoms with van der Waals surface area (Å²) in [6.45, 7) is 2.86. The summed E-state index contributed by atoms with van der Waals surface area (Å²) >= 11 is 0. The lowest BCUT2D eigenvalue weighted by molar-refractivity contribution is -0.384. The molecule has 0 N–H and O–H groups in total. The quantitative estimate of drug-likeness (QED) is 0.602. The van der Waals surface area contributed by atoms with Crippen LogP contribution in [0.1, 0.15) is 18.6 Å². The second-order valence-electron chi connectivity index (χ2n) is 6.43. The van der Waals surface area contributed by atoms with Crippen molar-refractivity contribution in [3.63, 3.8) is 0 Å². The minimum absolute atomic E-state index is 0.0612. The Morgan fingerprint density at radius 1 is 1.15 bits per heavy atom. The van der Waals surface area contributed by atoms with E-state index in [1.54, 1.807) is 0 Å². The SMILES string of the molecule is CC1CN(c2ccc(S(C)(=O)=O)cc2[N+](=O)[O-])CC(c2ccccc2)O1. The molecule has 2 aromatic carbocycles. The molecule has 0 aromatic heterocycles. The fourth-order valence-corrected chi connectivity index (χ4v) is 3.79. The summed E-state index contributed by atoms with van der Waals surface area (Å²) in [6.07, 6.45) is 0.700. The van der Waals surface area contributed by atoms with E-state index in [1.165, 1.54) is 12.1 Å². The lowest BCUT2D eigenvalue weighted by atomic mass is 10.1. The molecule has 1 aliphatic rings. The summed E-state index contributed by atoms with van der Waals surface area (Å²) in [4.78, 5) is 12.8. The van der Waals surface area contributed by atoms with Crippen LogP contribution in [0.25, 0.3) is 0 Å². The highest BCUT2D eigenvalue weighted by Gasteiger charge is 2.31. The highest BCUT2D eigenvalue weighted by atomic mass is 32.2. The van der Waals surface area contributed by atoms with Gasteiger partial charge < -0.3 is 9.64 Å². The zero-order valence-corrected chi connectivity index (χ0v) is 15.3. The molecule has 7 nitrogen and oxygen atoms in total. The Labute approximate surface area is 152 Å². The highest BCUT2D eigenvalue weighted by molar-refractivity contribution is 7.90. The zero-order valence-electron chi connectivity index (χ0n) is 14.5. The van der Waals surface area contributed by atoms with Crippen molar-refractivity contribution >= 4 is 21.2 Å². The van der Waals surface area contributed by atoms with Crippen LogP contribution in [0.2, 0.25) is 0 Å². The van der Waals surface area contributed by atoms with E-state index in [0.717, 1.165) is 17.9 Å². The average molecular weight is 376 g/mol. The van der Waals surface area contributed by atoms with Gasteiger partial charge in [0.2, 0.25) is 0 Å². The standard InChI is InChI=1S/C18H20N2O5S/c1-13-11-19(12-18(25-13)14-6-4-3-5-7-14)16-9-8-15(26(2,23)24)10-17(16)20(21)22/h3-10,13,18H,11-12H2,1-2H3. The van der Waals surface area contributed by atoms with Gasteiger partial charge in [-0.25, -0.2) is 8.42 Å². The molecule has 2 atom stereocenters. The van der Waals surface area contributed by atoms with Gasteiger partial charge in [-0.2, -0.15) is 0 Å². The van der Waals surface area contributed by atoms with Gasteiger partial charge in [0.1, 0.15) is 11.8 Å². The van der Waals surface area contributed by atoms with E-state index in [0.29, 0.717) is 18.8 Å². The molecule has 1 heterocycles. The van der Waals surface area contributed by atoms with E-state index in [1.807, 2.05) is 42.2 Å². The Hall–Kier alpha value is -2.45. The third-order valence-corrected chi connectivity index (χ3v) is 5.45. The minimum atomic E-state index is -3.52. The first-order chi connectivity index (χ1) is 12.3. The number of nitrogens with zero attached hydrogens (tertiary/aromatic N) is 2. The molecule has 0 spiro atoms. The summed E-state index contributed by atoms with van der Waals surface area (Å²) in [5.41, 5.74) is 1.19. The fourth-order valence-electron chi connectivity index (χ4n) is 3.15. The number of rotatable bonds is 4. The first-order valence-corrected chi connectivity index (χ1v) is 10.1. The molecule has 8 heteroatoms. The lowest BCUT2D eigenvalue weighted by Gasteiger charge is -2.38. The van der Waals surface area contributed by atoms with E-state index < -0.39 is 14.8 Å². The van der Waals surface area contributed by atoms with Gasteiger partial charge in [-0.05, 0) is 24.6 Å². The van der Waals surface area contributed by atoms with Crippen LogP contribution < -0.4 is 4.90 Å². The highest BCUT2D eigenvalue weighted by Crippen LogP contribution is 2.35. The molecule has 0 saturated carbocycles. The maximum absolute atomic E-state index is 11.7. The molecule has 2 aromatic rings. The van der Waals surface area contributed by atoms with E-state index >= 15 is 0 Å². The first kappa shape index (κ1) is 18.3. The topological polar surface area (TPSA) is 89.8 Å².